The number of hydrogen-bond donors (Lipinski definition) is 0. The van der Waals surface area contributed by atoms with E-state index in [4.69, 9.17) is 14.5 Å². The van der Waals surface area contributed by atoms with Crippen LogP contribution in [-0.4, -0.2) is 25.1 Å². The van der Waals surface area contributed by atoms with Crippen LogP contribution in [0.25, 0.3) is 16.3 Å². The Balaban J connectivity index is 1.74. The molecule has 4 rings (SSSR count). The molecule has 0 aliphatic rings. The number of aromatic nitrogens is 1. The number of thiazole rings is 1. The molecule has 1 amide bonds. The summed E-state index contributed by atoms with van der Waals surface area (Å²) in [5.41, 5.74) is 3.47. The Hall–Kier alpha value is -3.64. The van der Waals surface area contributed by atoms with Crippen molar-refractivity contribution in [3.8, 4) is 11.5 Å². The Morgan fingerprint density at radius 3 is 2.32 bits per heavy atom. The van der Waals surface area contributed by atoms with E-state index in [9.17, 15) is 4.79 Å². The predicted molar refractivity (Wildman–Crippen MR) is 127 cm³/mol. The SMILES string of the molecule is COc1cc(/C=C/C(=O)N(c2nc3ccccc3s2)c2ccccc2C)cc(OC)c1. The number of para-hydroxylation sites is 2. The molecule has 0 saturated carbocycles. The van der Waals surface area contributed by atoms with Gasteiger partial charge in [-0.3, -0.25) is 9.69 Å². The van der Waals surface area contributed by atoms with Crippen LogP contribution < -0.4 is 14.4 Å². The number of benzene rings is 3. The first-order valence-corrected chi connectivity index (χ1v) is 10.6. The third-order valence-corrected chi connectivity index (χ3v) is 5.86. The fraction of sp³-hybridized carbons (Fsp3) is 0.120. The lowest BCUT2D eigenvalue weighted by molar-refractivity contribution is -0.113. The van der Waals surface area contributed by atoms with Crippen molar-refractivity contribution in [1.29, 1.82) is 0 Å². The summed E-state index contributed by atoms with van der Waals surface area (Å²) < 4.78 is 11.7. The quantitative estimate of drug-likeness (QED) is 0.352. The van der Waals surface area contributed by atoms with Crippen molar-refractivity contribution < 1.29 is 14.3 Å². The third kappa shape index (κ3) is 4.44. The van der Waals surface area contributed by atoms with Gasteiger partial charge in [-0.15, -0.1) is 0 Å². The van der Waals surface area contributed by atoms with Gasteiger partial charge in [-0.25, -0.2) is 4.98 Å². The van der Waals surface area contributed by atoms with Crippen molar-refractivity contribution in [2.24, 2.45) is 0 Å². The van der Waals surface area contributed by atoms with Crippen LogP contribution in [0.3, 0.4) is 0 Å². The molecule has 0 aliphatic heterocycles. The maximum Gasteiger partial charge on any atom is 0.257 e. The molecule has 0 fully saturated rings. The van der Waals surface area contributed by atoms with E-state index in [2.05, 4.69) is 0 Å². The summed E-state index contributed by atoms with van der Waals surface area (Å²) in [7, 11) is 3.20. The molecular weight excluding hydrogens is 408 g/mol. The highest BCUT2D eigenvalue weighted by Gasteiger charge is 2.21. The molecule has 0 aliphatic carbocycles. The first-order chi connectivity index (χ1) is 15.1. The highest BCUT2D eigenvalue weighted by molar-refractivity contribution is 7.22. The van der Waals surface area contributed by atoms with Crippen molar-refractivity contribution in [3.63, 3.8) is 0 Å². The van der Waals surface area contributed by atoms with Gasteiger partial charge in [0.1, 0.15) is 11.5 Å². The van der Waals surface area contributed by atoms with Crippen LogP contribution in [0.1, 0.15) is 11.1 Å². The minimum absolute atomic E-state index is 0.185. The molecule has 0 bridgehead atoms. The number of anilines is 2. The van der Waals surface area contributed by atoms with Crippen molar-refractivity contribution in [2.45, 2.75) is 6.92 Å². The second kappa shape index (κ2) is 9.02. The van der Waals surface area contributed by atoms with Crippen molar-refractivity contribution in [2.75, 3.05) is 19.1 Å². The maximum atomic E-state index is 13.4. The Bertz CT molecular complexity index is 1210. The molecule has 1 heterocycles. The average molecular weight is 431 g/mol. The van der Waals surface area contributed by atoms with Crippen LogP contribution >= 0.6 is 11.3 Å². The number of ether oxygens (including phenoxy) is 2. The standard InChI is InChI=1S/C25H22N2O3S/c1-17-8-4-6-10-22(17)27(25-26-21-9-5-7-11-23(21)31-25)24(28)13-12-18-14-19(29-2)16-20(15-18)30-3/h4-16H,1-3H3/b13-12+. The van der Waals surface area contributed by atoms with E-state index < -0.39 is 0 Å². The van der Waals surface area contributed by atoms with E-state index in [0.717, 1.165) is 27.0 Å². The van der Waals surface area contributed by atoms with Crippen molar-refractivity contribution >= 4 is 44.4 Å². The van der Waals surface area contributed by atoms with E-state index in [1.54, 1.807) is 37.3 Å². The average Bonchev–Trinajstić information content (AvgIpc) is 3.22. The zero-order valence-electron chi connectivity index (χ0n) is 17.5. The predicted octanol–water partition coefficient (Wildman–Crippen LogP) is 6.00. The second-order valence-corrected chi connectivity index (χ2v) is 7.91. The molecule has 5 nitrogen and oxygen atoms in total. The van der Waals surface area contributed by atoms with Crippen LogP contribution in [0.2, 0.25) is 0 Å². The summed E-state index contributed by atoms with van der Waals surface area (Å²) >= 11 is 1.49. The third-order valence-electron chi connectivity index (χ3n) is 4.84. The molecule has 3 aromatic carbocycles. The lowest BCUT2D eigenvalue weighted by atomic mass is 10.1. The second-order valence-electron chi connectivity index (χ2n) is 6.90. The van der Waals surface area contributed by atoms with Gasteiger partial charge in [-0.1, -0.05) is 41.7 Å². The molecule has 6 heteroatoms. The van der Waals surface area contributed by atoms with Crippen LogP contribution in [-0.2, 0) is 4.79 Å². The van der Waals surface area contributed by atoms with Gasteiger partial charge in [0.05, 0.1) is 30.1 Å². The number of carbonyl (C=O) groups is 1. The highest BCUT2D eigenvalue weighted by Crippen LogP contribution is 2.35. The Morgan fingerprint density at radius 1 is 0.968 bits per heavy atom. The normalized spacial score (nSPS) is 11.1. The Morgan fingerprint density at radius 2 is 1.65 bits per heavy atom. The number of fused-ring (bicyclic) bond motifs is 1. The zero-order valence-corrected chi connectivity index (χ0v) is 18.3. The fourth-order valence-corrected chi connectivity index (χ4v) is 4.24. The van der Waals surface area contributed by atoms with Gasteiger partial charge in [0.15, 0.2) is 5.13 Å². The number of amides is 1. The van der Waals surface area contributed by atoms with Gasteiger partial charge in [-0.2, -0.15) is 0 Å². The van der Waals surface area contributed by atoms with E-state index in [-0.39, 0.29) is 5.91 Å². The van der Waals surface area contributed by atoms with E-state index >= 15 is 0 Å². The van der Waals surface area contributed by atoms with E-state index in [1.165, 1.54) is 11.3 Å². The summed E-state index contributed by atoms with van der Waals surface area (Å²) in [6.45, 7) is 1.99. The van der Waals surface area contributed by atoms with Gasteiger partial charge in [0.2, 0.25) is 0 Å². The summed E-state index contributed by atoms with van der Waals surface area (Å²) in [5, 5.41) is 0.633. The summed E-state index contributed by atoms with van der Waals surface area (Å²) in [4.78, 5) is 19.8. The summed E-state index contributed by atoms with van der Waals surface area (Å²) in [5.74, 6) is 1.14. The van der Waals surface area contributed by atoms with Gasteiger partial charge < -0.3 is 9.47 Å². The lowest BCUT2D eigenvalue weighted by Crippen LogP contribution is -2.24. The number of rotatable bonds is 6. The van der Waals surface area contributed by atoms with Gasteiger partial charge in [0.25, 0.3) is 5.91 Å². The first kappa shape index (κ1) is 20.6. The van der Waals surface area contributed by atoms with Crippen LogP contribution in [0.4, 0.5) is 10.8 Å². The molecule has 4 aromatic rings. The lowest BCUT2D eigenvalue weighted by Gasteiger charge is -2.20. The largest absolute Gasteiger partial charge is 0.497 e. The smallest absolute Gasteiger partial charge is 0.257 e. The van der Waals surface area contributed by atoms with Gasteiger partial charge in [-0.05, 0) is 54.5 Å². The topological polar surface area (TPSA) is 51.7 Å². The van der Waals surface area contributed by atoms with E-state index in [1.807, 2.05) is 67.6 Å². The highest BCUT2D eigenvalue weighted by atomic mass is 32.1. The zero-order chi connectivity index (χ0) is 21.8. The molecule has 156 valence electrons. The van der Waals surface area contributed by atoms with Crippen molar-refractivity contribution in [1.82, 2.24) is 4.98 Å². The molecular formula is C25H22N2O3S. The number of nitrogens with zero attached hydrogens (tertiary/aromatic N) is 2. The molecule has 1 aromatic heterocycles. The summed E-state index contributed by atoms with van der Waals surface area (Å²) in [6, 6.07) is 21.2. The van der Waals surface area contributed by atoms with Gasteiger partial charge in [0, 0.05) is 12.1 Å². The van der Waals surface area contributed by atoms with Crippen molar-refractivity contribution in [3.05, 3.63) is 83.9 Å². The van der Waals surface area contributed by atoms with Crippen LogP contribution in [0, 0.1) is 6.92 Å². The summed E-state index contributed by atoms with van der Waals surface area (Å²) in [6.07, 6.45) is 3.30. The first-order valence-electron chi connectivity index (χ1n) is 9.75. The maximum absolute atomic E-state index is 13.4. The number of hydrogen-bond acceptors (Lipinski definition) is 5. The minimum Gasteiger partial charge on any atom is -0.497 e. The fourth-order valence-electron chi connectivity index (χ4n) is 3.25. The molecule has 0 saturated heterocycles. The molecule has 0 unspecified atom stereocenters. The molecule has 0 atom stereocenters. The molecule has 0 spiro atoms. The van der Waals surface area contributed by atoms with Crippen LogP contribution in [0.5, 0.6) is 11.5 Å². The van der Waals surface area contributed by atoms with Gasteiger partial charge >= 0.3 is 0 Å². The molecule has 31 heavy (non-hydrogen) atoms. The monoisotopic (exact) mass is 430 g/mol. The van der Waals surface area contributed by atoms with E-state index in [0.29, 0.717) is 16.6 Å². The minimum atomic E-state index is -0.185. The Labute approximate surface area is 185 Å². The number of aryl methyl sites for hydroxylation is 1. The van der Waals surface area contributed by atoms with Crippen LogP contribution in [0.15, 0.2) is 72.8 Å². The molecule has 0 radical (unpaired) electrons. The number of methoxy groups -OCH3 is 2. The Kier molecular flexibility index (Phi) is 6.00. The number of carbonyl (C=O) groups excluding carboxylic acids is 1. The molecule has 0 N–H and O–H groups in total.